The van der Waals surface area contributed by atoms with Gasteiger partial charge in [-0.1, -0.05) is 36.8 Å². The lowest BCUT2D eigenvalue weighted by Gasteiger charge is -2.12. The van der Waals surface area contributed by atoms with Crippen LogP contribution in [0.2, 0.25) is 0 Å². The molecule has 0 radical (unpaired) electrons. The summed E-state index contributed by atoms with van der Waals surface area (Å²) in [5, 5.41) is 3.54. The maximum atomic E-state index is 3.54. The van der Waals surface area contributed by atoms with Crippen LogP contribution in [0.1, 0.15) is 44.2 Å². The van der Waals surface area contributed by atoms with E-state index in [9.17, 15) is 0 Å². The number of thioether (sulfide) groups is 1. The first-order valence-electron chi connectivity index (χ1n) is 7.09. The zero-order valence-electron chi connectivity index (χ0n) is 12.0. The second-order valence-corrected chi connectivity index (χ2v) is 6.14. The molecule has 0 amide bonds. The zero-order chi connectivity index (χ0) is 13.2. The highest BCUT2D eigenvalue weighted by Crippen LogP contribution is 2.15. The molecule has 0 spiro atoms. The molecule has 1 atom stereocenters. The molecule has 0 bridgehead atoms. The van der Waals surface area contributed by atoms with Gasteiger partial charge in [0.1, 0.15) is 0 Å². The van der Waals surface area contributed by atoms with Crippen LogP contribution in [0.5, 0.6) is 0 Å². The molecular formula is C16H27NS. The van der Waals surface area contributed by atoms with Crippen LogP contribution in [-0.4, -0.2) is 18.3 Å². The Balaban J connectivity index is 2.05. The van der Waals surface area contributed by atoms with Gasteiger partial charge in [0.05, 0.1) is 0 Å². The van der Waals surface area contributed by atoms with Gasteiger partial charge in [0, 0.05) is 11.8 Å². The molecule has 1 aromatic rings. The van der Waals surface area contributed by atoms with Gasteiger partial charge in [-0.2, -0.15) is 11.8 Å². The minimum Gasteiger partial charge on any atom is -0.314 e. The maximum Gasteiger partial charge on any atom is 0.0184 e. The third kappa shape index (κ3) is 7.07. The molecule has 1 nitrogen and oxygen atoms in total. The highest BCUT2D eigenvalue weighted by Gasteiger charge is 2.00. The Morgan fingerprint density at radius 1 is 1.33 bits per heavy atom. The molecule has 0 aliphatic rings. The van der Waals surface area contributed by atoms with Gasteiger partial charge in [0.2, 0.25) is 0 Å². The van der Waals surface area contributed by atoms with E-state index >= 15 is 0 Å². The van der Waals surface area contributed by atoms with Crippen molar-refractivity contribution >= 4 is 11.8 Å². The third-order valence-electron chi connectivity index (χ3n) is 3.02. The van der Waals surface area contributed by atoms with E-state index in [-0.39, 0.29) is 0 Å². The standard InChI is InChI=1S/C16H27NS/c1-4-10-17-15(3)8-6-11-18-13-16-9-5-7-14(2)12-16/h5,7,9,12,15,17H,4,6,8,10-11,13H2,1-3H3. The van der Waals surface area contributed by atoms with Gasteiger partial charge in [-0.3, -0.25) is 0 Å². The van der Waals surface area contributed by atoms with Crippen LogP contribution in [0.25, 0.3) is 0 Å². The lowest BCUT2D eigenvalue weighted by atomic mass is 10.2. The summed E-state index contributed by atoms with van der Waals surface area (Å²) in [6.07, 6.45) is 3.83. The molecule has 18 heavy (non-hydrogen) atoms. The van der Waals surface area contributed by atoms with Crippen LogP contribution in [-0.2, 0) is 5.75 Å². The summed E-state index contributed by atoms with van der Waals surface area (Å²) in [7, 11) is 0. The van der Waals surface area contributed by atoms with Crippen molar-refractivity contribution < 1.29 is 0 Å². The summed E-state index contributed by atoms with van der Waals surface area (Å²) in [6, 6.07) is 9.51. The van der Waals surface area contributed by atoms with E-state index in [1.165, 1.54) is 36.1 Å². The van der Waals surface area contributed by atoms with Crippen LogP contribution in [0.3, 0.4) is 0 Å². The molecule has 1 N–H and O–H groups in total. The monoisotopic (exact) mass is 265 g/mol. The van der Waals surface area contributed by atoms with Gasteiger partial charge in [0.15, 0.2) is 0 Å². The minimum absolute atomic E-state index is 0.671. The SMILES string of the molecule is CCCNC(C)CCCSCc1cccc(C)c1. The summed E-state index contributed by atoms with van der Waals surface area (Å²) < 4.78 is 0. The van der Waals surface area contributed by atoms with Gasteiger partial charge >= 0.3 is 0 Å². The number of nitrogens with one attached hydrogen (secondary N) is 1. The largest absolute Gasteiger partial charge is 0.314 e. The van der Waals surface area contributed by atoms with E-state index in [1.54, 1.807) is 0 Å². The molecule has 0 saturated carbocycles. The molecule has 1 unspecified atom stereocenters. The van der Waals surface area contributed by atoms with Crippen molar-refractivity contribution in [3.05, 3.63) is 35.4 Å². The minimum atomic E-state index is 0.671. The van der Waals surface area contributed by atoms with E-state index < -0.39 is 0 Å². The lowest BCUT2D eigenvalue weighted by molar-refractivity contribution is 0.510. The predicted octanol–water partition coefficient (Wildman–Crippen LogP) is 4.40. The van der Waals surface area contributed by atoms with Crippen molar-refractivity contribution in [3.63, 3.8) is 0 Å². The molecule has 1 aromatic carbocycles. The highest BCUT2D eigenvalue weighted by atomic mass is 32.2. The molecule has 0 heterocycles. The number of hydrogen-bond acceptors (Lipinski definition) is 2. The number of aryl methyl sites for hydroxylation is 1. The predicted molar refractivity (Wildman–Crippen MR) is 84.3 cm³/mol. The molecular weight excluding hydrogens is 238 g/mol. The van der Waals surface area contributed by atoms with E-state index in [4.69, 9.17) is 0 Å². The summed E-state index contributed by atoms with van der Waals surface area (Å²) in [6.45, 7) is 7.82. The number of benzene rings is 1. The molecule has 0 saturated heterocycles. The lowest BCUT2D eigenvalue weighted by Crippen LogP contribution is -2.26. The van der Waals surface area contributed by atoms with Crippen molar-refractivity contribution in [2.75, 3.05) is 12.3 Å². The van der Waals surface area contributed by atoms with Gasteiger partial charge < -0.3 is 5.32 Å². The van der Waals surface area contributed by atoms with Crippen molar-refractivity contribution in [2.24, 2.45) is 0 Å². The van der Waals surface area contributed by atoms with Crippen LogP contribution in [0.4, 0.5) is 0 Å². The number of rotatable bonds is 9. The fraction of sp³-hybridized carbons (Fsp3) is 0.625. The van der Waals surface area contributed by atoms with Crippen molar-refractivity contribution in [3.8, 4) is 0 Å². The van der Waals surface area contributed by atoms with Crippen LogP contribution in [0, 0.1) is 6.92 Å². The Kier molecular flexibility index (Phi) is 8.19. The van der Waals surface area contributed by atoms with Gasteiger partial charge in [-0.15, -0.1) is 0 Å². The average Bonchev–Trinajstić information content (AvgIpc) is 2.36. The average molecular weight is 265 g/mol. The Hall–Kier alpha value is -0.470. The summed E-state index contributed by atoms with van der Waals surface area (Å²) in [4.78, 5) is 0. The first-order chi connectivity index (χ1) is 8.72. The quantitative estimate of drug-likeness (QED) is 0.664. The molecule has 0 aromatic heterocycles. The van der Waals surface area contributed by atoms with Crippen molar-refractivity contribution in [1.29, 1.82) is 0 Å². The van der Waals surface area contributed by atoms with Gasteiger partial charge in [0.25, 0.3) is 0 Å². The molecule has 0 fully saturated rings. The first kappa shape index (κ1) is 15.6. The summed E-state index contributed by atoms with van der Waals surface area (Å²) in [5.41, 5.74) is 2.82. The second kappa shape index (κ2) is 9.46. The Morgan fingerprint density at radius 3 is 2.89 bits per heavy atom. The molecule has 0 aliphatic carbocycles. The van der Waals surface area contributed by atoms with Crippen LogP contribution >= 0.6 is 11.8 Å². The topological polar surface area (TPSA) is 12.0 Å². The normalized spacial score (nSPS) is 12.6. The van der Waals surface area contributed by atoms with Crippen LogP contribution < -0.4 is 5.32 Å². The summed E-state index contributed by atoms with van der Waals surface area (Å²) in [5.74, 6) is 2.42. The van der Waals surface area contributed by atoms with E-state index in [1.807, 2.05) is 0 Å². The Bertz CT molecular complexity index is 325. The fourth-order valence-corrected chi connectivity index (χ4v) is 2.91. The molecule has 2 heteroatoms. The Labute approximate surface area is 117 Å². The second-order valence-electron chi connectivity index (χ2n) is 5.04. The molecule has 102 valence electrons. The van der Waals surface area contributed by atoms with Crippen LogP contribution in [0.15, 0.2) is 24.3 Å². The van der Waals surface area contributed by atoms with Gasteiger partial charge in [-0.25, -0.2) is 0 Å². The number of hydrogen-bond donors (Lipinski definition) is 1. The van der Waals surface area contributed by atoms with E-state index in [0.29, 0.717) is 6.04 Å². The summed E-state index contributed by atoms with van der Waals surface area (Å²) >= 11 is 2.05. The van der Waals surface area contributed by atoms with Gasteiger partial charge in [-0.05, 0) is 51.0 Å². The Morgan fingerprint density at radius 2 is 2.17 bits per heavy atom. The zero-order valence-corrected chi connectivity index (χ0v) is 12.9. The maximum absolute atomic E-state index is 3.54. The van der Waals surface area contributed by atoms with Crippen molar-refractivity contribution in [2.45, 2.75) is 51.8 Å². The smallest absolute Gasteiger partial charge is 0.0184 e. The highest BCUT2D eigenvalue weighted by molar-refractivity contribution is 7.98. The molecule has 0 aliphatic heterocycles. The molecule has 1 rings (SSSR count). The first-order valence-corrected chi connectivity index (χ1v) is 8.24. The third-order valence-corrected chi connectivity index (χ3v) is 4.13. The van der Waals surface area contributed by atoms with E-state index in [2.05, 4.69) is 62.1 Å². The van der Waals surface area contributed by atoms with Crippen molar-refractivity contribution in [1.82, 2.24) is 5.32 Å². The van der Waals surface area contributed by atoms with E-state index in [0.717, 1.165) is 12.3 Å². The fourth-order valence-electron chi connectivity index (χ4n) is 1.98.